The van der Waals surface area contributed by atoms with Crippen LogP contribution in [0.2, 0.25) is 0 Å². The van der Waals surface area contributed by atoms with Gasteiger partial charge in [0, 0.05) is 31.9 Å². The van der Waals surface area contributed by atoms with Crippen LogP contribution in [0.3, 0.4) is 0 Å². The van der Waals surface area contributed by atoms with E-state index in [9.17, 15) is 22.8 Å². The van der Waals surface area contributed by atoms with Crippen molar-refractivity contribution in [2.24, 2.45) is 10.2 Å². The number of alkyl halides is 3. The van der Waals surface area contributed by atoms with Gasteiger partial charge >= 0.3 is 6.18 Å². The summed E-state index contributed by atoms with van der Waals surface area (Å²) >= 11 is 1.03. The van der Waals surface area contributed by atoms with E-state index in [4.69, 9.17) is 0 Å². The van der Waals surface area contributed by atoms with Crippen LogP contribution in [0.4, 0.5) is 24.5 Å². The predicted octanol–water partition coefficient (Wildman–Crippen LogP) is 3.72. The van der Waals surface area contributed by atoms with Crippen LogP contribution in [0, 0.1) is 0 Å². The van der Waals surface area contributed by atoms with E-state index in [0.29, 0.717) is 0 Å². The van der Waals surface area contributed by atoms with Crippen LogP contribution in [0.25, 0.3) is 0 Å². The van der Waals surface area contributed by atoms with Gasteiger partial charge in [0.1, 0.15) is 5.25 Å². The number of benzene rings is 2. The van der Waals surface area contributed by atoms with E-state index in [2.05, 4.69) is 20.8 Å². The van der Waals surface area contributed by atoms with Gasteiger partial charge in [-0.25, -0.2) is 0 Å². The van der Waals surface area contributed by atoms with Gasteiger partial charge in [0.15, 0.2) is 5.17 Å². The monoisotopic (exact) mass is 463 g/mol. The maximum atomic E-state index is 12.8. The molecule has 1 unspecified atom stereocenters. The minimum atomic E-state index is -4.51. The Labute approximate surface area is 186 Å². The summed E-state index contributed by atoms with van der Waals surface area (Å²) in [7, 11) is 3.87. The average Bonchev–Trinajstić information content (AvgIpc) is 3.07. The molecule has 1 fully saturated rings. The molecular weight excluding hydrogens is 443 g/mol. The molecule has 0 aliphatic carbocycles. The third-order valence-electron chi connectivity index (χ3n) is 4.39. The third kappa shape index (κ3) is 6.33. The van der Waals surface area contributed by atoms with Gasteiger partial charge in [-0.05, 0) is 35.9 Å². The molecule has 1 aliphatic heterocycles. The second-order valence-corrected chi connectivity index (χ2v) is 8.25. The molecule has 1 saturated heterocycles. The number of thioether (sulfide) groups is 1. The van der Waals surface area contributed by atoms with E-state index in [1.54, 1.807) is 0 Å². The highest BCUT2D eigenvalue weighted by atomic mass is 32.2. The summed E-state index contributed by atoms with van der Waals surface area (Å²) in [5.41, 5.74) is 1.00. The van der Waals surface area contributed by atoms with Crippen LogP contribution in [0.15, 0.2) is 58.7 Å². The number of carbonyl (C=O) groups excluding carboxylic acids is 2. The Morgan fingerprint density at radius 1 is 1.22 bits per heavy atom. The highest BCUT2D eigenvalue weighted by Gasteiger charge is 2.33. The van der Waals surface area contributed by atoms with Crippen molar-refractivity contribution in [3.8, 4) is 0 Å². The van der Waals surface area contributed by atoms with Crippen molar-refractivity contribution in [3.05, 3.63) is 59.7 Å². The van der Waals surface area contributed by atoms with Gasteiger partial charge in [0.25, 0.3) is 0 Å². The molecule has 11 heteroatoms. The Morgan fingerprint density at radius 3 is 2.59 bits per heavy atom. The SMILES string of the molecule is CN(C)c1ccc(/C=N\N=C2/NC(=O)C(CC(=O)Nc3cccc(C(F)(F)F)c3)S2)cc1. The van der Waals surface area contributed by atoms with Crippen molar-refractivity contribution in [3.63, 3.8) is 0 Å². The maximum Gasteiger partial charge on any atom is 0.416 e. The van der Waals surface area contributed by atoms with E-state index in [-0.39, 0.29) is 17.3 Å². The first-order chi connectivity index (χ1) is 15.1. The standard InChI is InChI=1S/C21H20F3N5O2S/c1-29(2)16-8-6-13(7-9-16)12-25-28-20-27-19(31)17(32-20)11-18(30)26-15-5-3-4-14(10-15)21(22,23)24/h3-10,12,17H,11H2,1-2H3,(H,26,30)(H,27,28,31)/b25-12-. The number of nitrogens with zero attached hydrogens (tertiary/aromatic N) is 3. The van der Waals surface area contributed by atoms with Crippen molar-refractivity contribution in [2.75, 3.05) is 24.3 Å². The molecule has 0 aromatic heterocycles. The molecule has 0 bridgehead atoms. The quantitative estimate of drug-likeness (QED) is 0.505. The third-order valence-corrected chi connectivity index (χ3v) is 5.46. The Morgan fingerprint density at radius 2 is 1.94 bits per heavy atom. The van der Waals surface area contributed by atoms with Gasteiger partial charge in [-0.2, -0.15) is 18.3 Å². The number of nitrogens with one attached hydrogen (secondary N) is 2. The van der Waals surface area contributed by atoms with Crippen LogP contribution in [0.5, 0.6) is 0 Å². The summed E-state index contributed by atoms with van der Waals surface area (Å²) in [6.07, 6.45) is -3.20. The molecule has 32 heavy (non-hydrogen) atoms. The number of hydrogen-bond donors (Lipinski definition) is 2. The number of amidine groups is 1. The molecule has 168 valence electrons. The largest absolute Gasteiger partial charge is 0.416 e. The first-order valence-corrected chi connectivity index (χ1v) is 10.3. The first kappa shape index (κ1) is 23.3. The van der Waals surface area contributed by atoms with E-state index in [1.165, 1.54) is 18.3 Å². The number of carbonyl (C=O) groups is 2. The zero-order valence-electron chi connectivity index (χ0n) is 17.2. The predicted molar refractivity (Wildman–Crippen MR) is 120 cm³/mol. The Balaban J connectivity index is 1.55. The molecule has 1 atom stereocenters. The van der Waals surface area contributed by atoms with E-state index >= 15 is 0 Å². The smallest absolute Gasteiger partial charge is 0.378 e. The summed E-state index contributed by atoms with van der Waals surface area (Å²) in [5.74, 6) is -0.999. The molecule has 0 spiro atoms. The summed E-state index contributed by atoms with van der Waals surface area (Å²) in [4.78, 5) is 26.3. The van der Waals surface area contributed by atoms with Gasteiger partial charge in [-0.1, -0.05) is 30.0 Å². The van der Waals surface area contributed by atoms with Crippen molar-refractivity contribution < 1.29 is 22.8 Å². The summed E-state index contributed by atoms with van der Waals surface area (Å²) in [5, 5.41) is 12.3. The Bertz CT molecular complexity index is 1050. The Kier molecular flexibility index (Phi) is 7.18. The molecule has 2 aromatic rings. The van der Waals surface area contributed by atoms with Gasteiger partial charge in [0.2, 0.25) is 11.8 Å². The van der Waals surface area contributed by atoms with E-state index in [1.807, 2.05) is 43.3 Å². The Hall–Kier alpha value is -3.34. The lowest BCUT2D eigenvalue weighted by atomic mass is 10.2. The van der Waals surface area contributed by atoms with Crippen molar-refractivity contribution in [1.29, 1.82) is 0 Å². The molecule has 2 amide bonds. The number of hydrogen-bond acceptors (Lipinski definition) is 6. The average molecular weight is 463 g/mol. The van der Waals surface area contributed by atoms with E-state index < -0.39 is 28.8 Å². The van der Waals surface area contributed by atoms with Gasteiger partial charge in [-0.15, -0.1) is 5.10 Å². The number of anilines is 2. The lowest BCUT2D eigenvalue weighted by molar-refractivity contribution is -0.137. The molecule has 1 heterocycles. The second-order valence-electron chi connectivity index (χ2n) is 7.06. The fraction of sp³-hybridized carbons (Fsp3) is 0.238. The van der Waals surface area contributed by atoms with Crippen molar-refractivity contribution >= 4 is 46.3 Å². The molecule has 7 nitrogen and oxygen atoms in total. The molecule has 2 aromatic carbocycles. The maximum absolute atomic E-state index is 12.8. The number of halogens is 3. The number of amides is 2. The second kappa shape index (κ2) is 9.86. The fourth-order valence-electron chi connectivity index (χ4n) is 2.75. The molecule has 3 rings (SSSR count). The molecular formula is C21H20F3N5O2S. The normalized spacial score (nSPS) is 17.6. The molecule has 0 saturated carbocycles. The molecule has 2 N–H and O–H groups in total. The minimum absolute atomic E-state index is 0.00649. The van der Waals surface area contributed by atoms with E-state index in [0.717, 1.165) is 35.1 Å². The highest BCUT2D eigenvalue weighted by Crippen LogP contribution is 2.31. The lowest BCUT2D eigenvalue weighted by Gasteiger charge is -2.11. The van der Waals surface area contributed by atoms with Crippen molar-refractivity contribution in [2.45, 2.75) is 17.8 Å². The first-order valence-electron chi connectivity index (χ1n) is 9.45. The van der Waals surface area contributed by atoms with Gasteiger partial charge < -0.3 is 15.5 Å². The fourth-order valence-corrected chi connectivity index (χ4v) is 3.67. The van der Waals surface area contributed by atoms with Crippen LogP contribution in [0.1, 0.15) is 17.5 Å². The zero-order chi connectivity index (χ0) is 23.3. The van der Waals surface area contributed by atoms with Crippen LogP contribution in [-0.4, -0.2) is 42.5 Å². The van der Waals surface area contributed by atoms with Crippen LogP contribution < -0.4 is 15.5 Å². The van der Waals surface area contributed by atoms with Crippen molar-refractivity contribution in [1.82, 2.24) is 5.32 Å². The minimum Gasteiger partial charge on any atom is -0.378 e. The number of rotatable bonds is 6. The summed E-state index contributed by atoms with van der Waals surface area (Å²) in [6.45, 7) is 0. The molecule has 0 radical (unpaired) electrons. The van der Waals surface area contributed by atoms with Gasteiger partial charge in [-0.3, -0.25) is 9.59 Å². The highest BCUT2D eigenvalue weighted by molar-refractivity contribution is 8.15. The van der Waals surface area contributed by atoms with Crippen LogP contribution >= 0.6 is 11.8 Å². The molecule has 1 aliphatic rings. The lowest BCUT2D eigenvalue weighted by Crippen LogP contribution is -2.28. The summed E-state index contributed by atoms with van der Waals surface area (Å²) < 4.78 is 38.4. The van der Waals surface area contributed by atoms with Gasteiger partial charge in [0.05, 0.1) is 11.8 Å². The summed E-state index contributed by atoms with van der Waals surface area (Å²) in [6, 6.07) is 11.9. The topological polar surface area (TPSA) is 86.2 Å². The van der Waals surface area contributed by atoms with Crippen LogP contribution in [-0.2, 0) is 15.8 Å². The zero-order valence-corrected chi connectivity index (χ0v) is 18.0.